The lowest BCUT2D eigenvalue weighted by atomic mass is 10.0. The highest BCUT2D eigenvalue weighted by Crippen LogP contribution is 2.33. The van der Waals surface area contributed by atoms with Crippen molar-refractivity contribution in [3.05, 3.63) is 48.5 Å². The normalized spacial score (nSPS) is 21.7. The Bertz CT molecular complexity index is 1100. The molecule has 0 aromatic heterocycles. The molecule has 0 unspecified atom stereocenters. The summed E-state index contributed by atoms with van der Waals surface area (Å²) in [6, 6.07) is 13.6. The van der Waals surface area contributed by atoms with E-state index in [4.69, 9.17) is 4.74 Å². The zero-order valence-electron chi connectivity index (χ0n) is 18.2. The molecule has 2 aromatic rings. The van der Waals surface area contributed by atoms with Gasteiger partial charge >= 0.3 is 6.03 Å². The summed E-state index contributed by atoms with van der Waals surface area (Å²) < 4.78 is 28.8. The van der Waals surface area contributed by atoms with E-state index in [1.165, 1.54) is 12.1 Å². The second kappa shape index (κ2) is 10.0. The first-order valence-corrected chi connectivity index (χ1v) is 13.8. The molecule has 2 aliphatic heterocycles. The van der Waals surface area contributed by atoms with Crippen LogP contribution in [0, 0.1) is 0 Å². The van der Waals surface area contributed by atoms with Crippen molar-refractivity contribution in [3.63, 3.8) is 0 Å². The summed E-state index contributed by atoms with van der Waals surface area (Å²) >= 11 is 1.88. The second-order valence-corrected chi connectivity index (χ2v) is 11.6. The summed E-state index contributed by atoms with van der Waals surface area (Å²) in [7, 11) is -3.24. The van der Waals surface area contributed by atoms with Crippen LogP contribution in [0.15, 0.2) is 53.4 Å². The summed E-state index contributed by atoms with van der Waals surface area (Å²) in [4.78, 5) is 23.9. The Morgan fingerprint density at radius 3 is 2.39 bits per heavy atom. The third-order valence-corrected chi connectivity index (χ3v) is 8.34. The molecule has 33 heavy (non-hydrogen) atoms. The van der Waals surface area contributed by atoms with Crippen molar-refractivity contribution >= 4 is 39.2 Å². The maximum absolute atomic E-state index is 12.3. The molecular formula is C23H27N3O5S2. The molecular weight excluding hydrogens is 462 g/mol. The summed E-state index contributed by atoms with van der Waals surface area (Å²) in [5.74, 6) is 2.02. The van der Waals surface area contributed by atoms with Gasteiger partial charge in [0.1, 0.15) is 11.5 Å². The molecule has 8 nitrogen and oxygen atoms in total. The lowest BCUT2D eigenvalue weighted by Crippen LogP contribution is -2.36. The standard InChI is InChI=1S/C23H27N3O5S2/c1-33(29,30)18-12-10-17(11-13-18)31-16-8-6-15(7-9-16)24-21(27)5-3-2-4-20-22-19(14-32-20)25-23(28)26-22/h6-13,19-20,22H,2-5,14H2,1H3,(H,24,27)(H2,25,26,28)/t19-,20+,22+/m1/s1. The van der Waals surface area contributed by atoms with Gasteiger partial charge in [-0.1, -0.05) is 6.42 Å². The third-order valence-electron chi connectivity index (χ3n) is 5.71. The zero-order chi connectivity index (χ0) is 23.4. The minimum Gasteiger partial charge on any atom is -0.457 e. The number of carbonyl (C=O) groups is 2. The van der Waals surface area contributed by atoms with Crippen LogP contribution in [0.2, 0.25) is 0 Å². The van der Waals surface area contributed by atoms with Crippen LogP contribution in [0.5, 0.6) is 11.5 Å². The predicted octanol–water partition coefficient (Wildman–Crippen LogP) is 3.55. The summed E-state index contributed by atoms with van der Waals surface area (Å²) in [5, 5.41) is 9.24. The van der Waals surface area contributed by atoms with Gasteiger partial charge in [-0.3, -0.25) is 4.79 Å². The molecule has 2 fully saturated rings. The number of nitrogens with one attached hydrogen (secondary N) is 3. The molecule has 2 heterocycles. The number of anilines is 1. The van der Waals surface area contributed by atoms with E-state index in [0.29, 0.717) is 28.9 Å². The van der Waals surface area contributed by atoms with Gasteiger partial charge in [0.05, 0.1) is 17.0 Å². The number of hydrogen-bond donors (Lipinski definition) is 3. The minimum atomic E-state index is -3.24. The monoisotopic (exact) mass is 489 g/mol. The van der Waals surface area contributed by atoms with Gasteiger partial charge in [0, 0.05) is 29.4 Å². The number of thioether (sulfide) groups is 1. The first-order chi connectivity index (χ1) is 15.8. The lowest BCUT2D eigenvalue weighted by Gasteiger charge is -2.16. The van der Waals surface area contributed by atoms with Crippen molar-refractivity contribution in [2.45, 2.75) is 47.9 Å². The van der Waals surface area contributed by atoms with E-state index in [9.17, 15) is 18.0 Å². The number of amides is 3. The van der Waals surface area contributed by atoms with Gasteiger partial charge in [0.2, 0.25) is 5.91 Å². The SMILES string of the molecule is CS(=O)(=O)c1ccc(Oc2ccc(NC(=O)CCCC[C@@H]3SC[C@H]4NC(=O)N[C@H]34)cc2)cc1. The van der Waals surface area contributed by atoms with Crippen molar-refractivity contribution in [2.24, 2.45) is 0 Å². The third kappa shape index (κ3) is 6.20. The predicted molar refractivity (Wildman–Crippen MR) is 129 cm³/mol. The second-order valence-electron chi connectivity index (χ2n) is 8.29. The topological polar surface area (TPSA) is 114 Å². The molecule has 0 radical (unpaired) electrons. The number of hydrogen-bond acceptors (Lipinski definition) is 6. The van der Waals surface area contributed by atoms with E-state index in [-0.39, 0.29) is 28.9 Å². The van der Waals surface area contributed by atoms with Gasteiger partial charge in [-0.15, -0.1) is 0 Å². The number of fused-ring (bicyclic) bond motifs is 1. The van der Waals surface area contributed by atoms with Crippen molar-refractivity contribution in [1.82, 2.24) is 10.6 Å². The van der Waals surface area contributed by atoms with Gasteiger partial charge in [0.15, 0.2) is 9.84 Å². The van der Waals surface area contributed by atoms with Crippen LogP contribution >= 0.6 is 11.8 Å². The van der Waals surface area contributed by atoms with Gasteiger partial charge < -0.3 is 20.7 Å². The molecule has 0 spiro atoms. The molecule has 2 saturated heterocycles. The zero-order valence-corrected chi connectivity index (χ0v) is 19.9. The number of sulfone groups is 1. The summed E-state index contributed by atoms with van der Waals surface area (Å²) in [6.07, 6.45) is 4.33. The van der Waals surface area contributed by atoms with E-state index >= 15 is 0 Å². The maximum atomic E-state index is 12.3. The van der Waals surface area contributed by atoms with Crippen LogP contribution in [-0.2, 0) is 14.6 Å². The number of ether oxygens (including phenoxy) is 1. The average Bonchev–Trinajstić information content (AvgIpc) is 3.32. The van der Waals surface area contributed by atoms with E-state index in [2.05, 4.69) is 16.0 Å². The molecule has 176 valence electrons. The molecule has 0 aliphatic carbocycles. The molecule has 3 atom stereocenters. The van der Waals surface area contributed by atoms with Crippen molar-refractivity contribution < 1.29 is 22.7 Å². The summed E-state index contributed by atoms with van der Waals surface area (Å²) in [5.41, 5.74) is 0.689. The highest BCUT2D eigenvalue weighted by atomic mass is 32.2. The van der Waals surface area contributed by atoms with E-state index < -0.39 is 9.84 Å². The van der Waals surface area contributed by atoms with Gasteiger partial charge in [0.25, 0.3) is 0 Å². The van der Waals surface area contributed by atoms with Crippen LogP contribution in [0.25, 0.3) is 0 Å². The molecule has 4 rings (SSSR count). The van der Waals surface area contributed by atoms with E-state index in [0.717, 1.165) is 31.3 Å². The van der Waals surface area contributed by atoms with Gasteiger partial charge in [-0.05, 0) is 61.4 Å². The number of urea groups is 1. The Hall–Kier alpha value is -2.72. The van der Waals surface area contributed by atoms with Crippen molar-refractivity contribution in [2.75, 3.05) is 17.3 Å². The Morgan fingerprint density at radius 1 is 1.06 bits per heavy atom. The Labute approximate surface area is 197 Å². The van der Waals surface area contributed by atoms with Crippen LogP contribution in [-0.4, -0.2) is 49.7 Å². The van der Waals surface area contributed by atoms with Crippen molar-refractivity contribution in [1.29, 1.82) is 0 Å². The molecule has 2 aliphatic rings. The van der Waals surface area contributed by atoms with E-state index in [1.54, 1.807) is 36.4 Å². The van der Waals surface area contributed by atoms with Crippen LogP contribution < -0.4 is 20.7 Å². The fourth-order valence-corrected chi connectivity index (χ4v) is 6.17. The fraction of sp³-hybridized carbons (Fsp3) is 0.391. The Kier molecular flexibility index (Phi) is 7.14. The number of rotatable bonds is 9. The first-order valence-electron chi connectivity index (χ1n) is 10.8. The average molecular weight is 490 g/mol. The summed E-state index contributed by atoms with van der Waals surface area (Å²) in [6.45, 7) is 0. The highest BCUT2D eigenvalue weighted by molar-refractivity contribution is 8.00. The van der Waals surface area contributed by atoms with Gasteiger partial charge in [-0.25, -0.2) is 13.2 Å². The molecule has 3 N–H and O–H groups in total. The lowest BCUT2D eigenvalue weighted by molar-refractivity contribution is -0.116. The van der Waals surface area contributed by atoms with Gasteiger partial charge in [-0.2, -0.15) is 11.8 Å². The minimum absolute atomic E-state index is 0.0344. The molecule has 0 bridgehead atoms. The maximum Gasteiger partial charge on any atom is 0.315 e. The van der Waals surface area contributed by atoms with Crippen LogP contribution in [0.4, 0.5) is 10.5 Å². The molecule has 3 amide bonds. The molecule has 0 saturated carbocycles. The van der Waals surface area contributed by atoms with E-state index in [1.807, 2.05) is 11.8 Å². The fourth-order valence-electron chi connectivity index (χ4n) is 3.99. The number of benzene rings is 2. The molecule has 10 heteroatoms. The van der Waals surface area contributed by atoms with Crippen molar-refractivity contribution in [3.8, 4) is 11.5 Å². The smallest absolute Gasteiger partial charge is 0.315 e. The van der Waals surface area contributed by atoms with Crippen LogP contribution in [0.3, 0.4) is 0 Å². The Balaban J connectivity index is 1.18. The first kappa shape index (κ1) is 23.4. The number of unbranched alkanes of at least 4 members (excludes halogenated alkanes) is 1. The van der Waals surface area contributed by atoms with Crippen LogP contribution in [0.1, 0.15) is 25.7 Å². The number of carbonyl (C=O) groups excluding carboxylic acids is 2. The largest absolute Gasteiger partial charge is 0.457 e. The highest BCUT2D eigenvalue weighted by Gasteiger charge is 2.42. The molecule has 2 aromatic carbocycles. The Morgan fingerprint density at radius 2 is 1.73 bits per heavy atom. The quantitative estimate of drug-likeness (QED) is 0.367.